The summed E-state index contributed by atoms with van der Waals surface area (Å²) in [5, 5.41) is 0. The lowest BCUT2D eigenvalue weighted by Crippen LogP contribution is -2.38. The molecule has 0 fully saturated rings. The summed E-state index contributed by atoms with van der Waals surface area (Å²) in [6, 6.07) is 11.5. The van der Waals surface area contributed by atoms with E-state index >= 15 is 0 Å². The molecule has 1 aromatic carbocycles. The molecule has 0 N–H and O–H groups in total. The van der Waals surface area contributed by atoms with E-state index < -0.39 is 5.97 Å². The molecule has 1 amide bonds. The molecule has 2 heterocycles. The van der Waals surface area contributed by atoms with Crippen LogP contribution in [0.1, 0.15) is 26.5 Å². The van der Waals surface area contributed by atoms with Crippen molar-refractivity contribution >= 4 is 28.9 Å². The molecule has 0 atom stereocenters. The Morgan fingerprint density at radius 2 is 2.05 bits per heavy atom. The standard InChI is InChI=1S/C17H17NO3S/c1-12-8-9-15(22-12)17(20)21-11-16(19)18-10-4-6-13-5-2-3-7-14(13)18/h2-3,5,7-9H,4,6,10-11H2,1H3. The second-order valence-electron chi connectivity index (χ2n) is 5.26. The monoisotopic (exact) mass is 315 g/mol. The molecule has 1 aliphatic heterocycles. The molecule has 1 aromatic heterocycles. The predicted octanol–water partition coefficient (Wildman–Crippen LogP) is 3.19. The van der Waals surface area contributed by atoms with Gasteiger partial charge in [0.25, 0.3) is 5.91 Å². The van der Waals surface area contributed by atoms with Crippen LogP contribution in [-0.2, 0) is 16.0 Å². The number of thiophene rings is 1. The van der Waals surface area contributed by atoms with Gasteiger partial charge in [-0.05, 0) is 43.5 Å². The van der Waals surface area contributed by atoms with Crippen molar-refractivity contribution < 1.29 is 14.3 Å². The Hall–Kier alpha value is -2.14. The first-order valence-electron chi connectivity index (χ1n) is 7.27. The molecule has 0 unspecified atom stereocenters. The van der Waals surface area contributed by atoms with Crippen molar-refractivity contribution in [2.45, 2.75) is 19.8 Å². The van der Waals surface area contributed by atoms with E-state index in [-0.39, 0.29) is 12.5 Å². The number of carbonyl (C=O) groups excluding carboxylic acids is 2. The quantitative estimate of drug-likeness (QED) is 0.817. The van der Waals surface area contributed by atoms with Crippen molar-refractivity contribution in [2.75, 3.05) is 18.1 Å². The van der Waals surface area contributed by atoms with E-state index in [1.165, 1.54) is 16.9 Å². The zero-order valence-electron chi connectivity index (χ0n) is 12.4. The van der Waals surface area contributed by atoms with Gasteiger partial charge in [0, 0.05) is 17.1 Å². The van der Waals surface area contributed by atoms with Crippen LogP contribution in [0, 0.1) is 6.92 Å². The minimum atomic E-state index is -0.434. The minimum Gasteiger partial charge on any atom is -0.451 e. The number of anilines is 1. The maximum absolute atomic E-state index is 12.4. The van der Waals surface area contributed by atoms with Crippen molar-refractivity contribution in [1.82, 2.24) is 0 Å². The van der Waals surface area contributed by atoms with Crippen LogP contribution in [0.15, 0.2) is 36.4 Å². The van der Waals surface area contributed by atoms with Crippen molar-refractivity contribution in [2.24, 2.45) is 0 Å². The molecular formula is C17H17NO3S. The van der Waals surface area contributed by atoms with E-state index in [0.29, 0.717) is 11.4 Å². The number of carbonyl (C=O) groups is 2. The molecule has 0 saturated heterocycles. The molecule has 2 aromatic rings. The largest absolute Gasteiger partial charge is 0.451 e. The maximum atomic E-state index is 12.4. The Labute approximate surface area is 133 Å². The summed E-state index contributed by atoms with van der Waals surface area (Å²) in [4.78, 5) is 27.6. The second-order valence-corrected chi connectivity index (χ2v) is 6.55. The first kappa shape index (κ1) is 14.8. The molecule has 114 valence electrons. The number of amides is 1. The topological polar surface area (TPSA) is 46.6 Å². The van der Waals surface area contributed by atoms with Crippen LogP contribution < -0.4 is 4.90 Å². The highest BCUT2D eigenvalue weighted by Crippen LogP contribution is 2.26. The number of para-hydroxylation sites is 1. The number of fused-ring (bicyclic) bond motifs is 1. The van der Waals surface area contributed by atoms with E-state index in [0.717, 1.165) is 23.4 Å². The van der Waals surface area contributed by atoms with Crippen LogP contribution in [0.4, 0.5) is 5.69 Å². The number of aryl methyl sites for hydroxylation is 2. The normalized spacial score (nSPS) is 13.6. The summed E-state index contributed by atoms with van der Waals surface area (Å²) >= 11 is 1.37. The Balaban J connectivity index is 1.65. The highest BCUT2D eigenvalue weighted by Gasteiger charge is 2.23. The van der Waals surface area contributed by atoms with Crippen LogP contribution in [0.3, 0.4) is 0 Å². The molecule has 0 spiro atoms. The third-order valence-electron chi connectivity index (χ3n) is 3.68. The molecule has 3 rings (SSSR count). The lowest BCUT2D eigenvalue weighted by Gasteiger charge is -2.29. The molecule has 0 aliphatic carbocycles. The van der Waals surface area contributed by atoms with Crippen LogP contribution in [-0.4, -0.2) is 25.0 Å². The Morgan fingerprint density at radius 3 is 2.82 bits per heavy atom. The van der Waals surface area contributed by atoms with Gasteiger partial charge in [-0.3, -0.25) is 4.79 Å². The van der Waals surface area contributed by atoms with E-state index in [1.807, 2.05) is 37.3 Å². The summed E-state index contributed by atoms with van der Waals surface area (Å²) in [5.74, 6) is -0.606. The Kier molecular flexibility index (Phi) is 4.24. The molecule has 1 aliphatic rings. The van der Waals surface area contributed by atoms with Gasteiger partial charge in [-0.25, -0.2) is 4.79 Å². The van der Waals surface area contributed by atoms with Crippen LogP contribution in [0.2, 0.25) is 0 Å². The number of hydrogen-bond acceptors (Lipinski definition) is 4. The summed E-state index contributed by atoms with van der Waals surface area (Å²) in [6.45, 7) is 2.38. The van der Waals surface area contributed by atoms with Gasteiger partial charge in [0.05, 0.1) is 0 Å². The zero-order chi connectivity index (χ0) is 15.5. The number of esters is 1. The zero-order valence-corrected chi connectivity index (χ0v) is 13.2. The molecule has 5 heteroatoms. The third kappa shape index (κ3) is 3.04. The second kappa shape index (κ2) is 6.32. The third-order valence-corrected chi connectivity index (χ3v) is 4.66. The summed E-state index contributed by atoms with van der Waals surface area (Å²) in [5.41, 5.74) is 2.10. The maximum Gasteiger partial charge on any atom is 0.348 e. The van der Waals surface area contributed by atoms with Gasteiger partial charge in [-0.2, -0.15) is 0 Å². The van der Waals surface area contributed by atoms with Crippen molar-refractivity contribution in [1.29, 1.82) is 0 Å². The van der Waals surface area contributed by atoms with E-state index in [4.69, 9.17) is 4.74 Å². The number of rotatable bonds is 3. The first-order valence-corrected chi connectivity index (χ1v) is 8.08. The molecule has 22 heavy (non-hydrogen) atoms. The summed E-state index contributed by atoms with van der Waals surface area (Å²) in [6.07, 6.45) is 1.91. The van der Waals surface area contributed by atoms with Gasteiger partial charge in [0.2, 0.25) is 0 Å². The summed E-state index contributed by atoms with van der Waals surface area (Å²) < 4.78 is 5.15. The first-order chi connectivity index (χ1) is 10.6. The van der Waals surface area contributed by atoms with Gasteiger partial charge in [0.15, 0.2) is 6.61 Å². The number of ether oxygens (including phenoxy) is 1. The summed E-state index contributed by atoms with van der Waals surface area (Å²) in [7, 11) is 0. The van der Waals surface area contributed by atoms with Gasteiger partial charge < -0.3 is 9.64 Å². The van der Waals surface area contributed by atoms with Crippen LogP contribution >= 0.6 is 11.3 Å². The average molecular weight is 315 g/mol. The van der Waals surface area contributed by atoms with Crippen molar-refractivity contribution in [3.8, 4) is 0 Å². The molecule has 0 radical (unpaired) electrons. The van der Waals surface area contributed by atoms with E-state index in [1.54, 1.807) is 11.0 Å². The molecule has 0 saturated carbocycles. The van der Waals surface area contributed by atoms with Gasteiger partial charge in [-0.1, -0.05) is 18.2 Å². The lowest BCUT2D eigenvalue weighted by atomic mass is 10.0. The molecular weight excluding hydrogens is 298 g/mol. The fourth-order valence-electron chi connectivity index (χ4n) is 2.61. The lowest BCUT2D eigenvalue weighted by molar-refractivity contribution is -0.121. The number of benzene rings is 1. The highest BCUT2D eigenvalue weighted by atomic mass is 32.1. The van der Waals surface area contributed by atoms with Crippen molar-refractivity contribution in [3.63, 3.8) is 0 Å². The fraction of sp³-hybridized carbons (Fsp3) is 0.294. The van der Waals surface area contributed by atoms with Crippen molar-refractivity contribution in [3.05, 3.63) is 51.7 Å². The number of hydrogen-bond donors (Lipinski definition) is 0. The smallest absolute Gasteiger partial charge is 0.348 e. The molecule has 0 bridgehead atoms. The predicted molar refractivity (Wildman–Crippen MR) is 86.5 cm³/mol. The average Bonchev–Trinajstić information content (AvgIpc) is 2.98. The fourth-order valence-corrected chi connectivity index (χ4v) is 3.37. The van der Waals surface area contributed by atoms with Gasteiger partial charge in [0.1, 0.15) is 4.88 Å². The van der Waals surface area contributed by atoms with Gasteiger partial charge in [-0.15, -0.1) is 11.3 Å². The van der Waals surface area contributed by atoms with Crippen LogP contribution in [0.25, 0.3) is 0 Å². The van der Waals surface area contributed by atoms with E-state index in [2.05, 4.69) is 0 Å². The minimum absolute atomic E-state index is 0.172. The van der Waals surface area contributed by atoms with Gasteiger partial charge >= 0.3 is 5.97 Å². The number of nitrogens with zero attached hydrogens (tertiary/aromatic N) is 1. The van der Waals surface area contributed by atoms with E-state index in [9.17, 15) is 9.59 Å². The Bertz CT molecular complexity index is 707. The Morgan fingerprint density at radius 1 is 1.23 bits per heavy atom. The van der Waals surface area contributed by atoms with Crippen LogP contribution in [0.5, 0.6) is 0 Å². The SMILES string of the molecule is Cc1ccc(C(=O)OCC(=O)N2CCCc3ccccc32)s1. The molecule has 4 nitrogen and oxygen atoms in total. The highest BCUT2D eigenvalue weighted by molar-refractivity contribution is 7.13.